The first-order chi connectivity index (χ1) is 10.8. The van der Waals surface area contributed by atoms with Crippen molar-refractivity contribution >= 4 is 22.9 Å². The minimum absolute atomic E-state index is 0.192. The van der Waals surface area contributed by atoms with Crippen molar-refractivity contribution in [3.63, 3.8) is 0 Å². The Morgan fingerprint density at radius 2 is 1.95 bits per heavy atom. The van der Waals surface area contributed by atoms with E-state index in [0.29, 0.717) is 19.1 Å². The maximum atomic E-state index is 12.7. The van der Waals surface area contributed by atoms with E-state index in [1.165, 1.54) is 17.7 Å². The van der Waals surface area contributed by atoms with Crippen LogP contribution in [-0.4, -0.2) is 29.9 Å². The lowest BCUT2D eigenvalue weighted by atomic mass is 10.2. The van der Waals surface area contributed by atoms with Gasteiger partial charge in [-0.1, -0.05) is 24.3 Å². The number of hydrogen-bond acceptors (Lipinski definition) is 3. The van der Waals surface area contributed by atoms with E-state index in [1.807, 2.05) is 42.2 Å². The van der Waals surface area contributed by atoms with Crippen LogP contribution in [0, 0.1) is 0 Å². The summed E-state index contributed by atoms with van der Waals surface area (Å²) < 4.78 is 0. The van der Waals surface area contributed by atoms with Crippen molar-refractivity contribution in [1.29, 1.82) is 0 Å². The van der Waals surface area contributed by atoms with Crippen LogP contribution in [0.2, 0.25) is 0 Å². The Labute approximate surface area is 136 Å². The Morgan fingerprint density at radius 1 is 1.18 bits per heavy atom. The van der Waals surface area contributed by atoms with Gasteiger partial charge in [0, 0.05) is 29.7 Å². The maximum Gasteiger partial charge on any atom is 0.241 e. The lowest BCUT2D eigenvalue weighted by Crippen LogP contribution is -2.41. The number of thiophene rings is 1. The third-order valence-corrected chi connectivity index (χ3v) is 4.89. The number of rotatable bonds is 7. The van der Waals surface area contributed by atoms with Gasteiger partial charge in [0.05, 0.1) is 6.54 Å². The summed E-state index contributed by atoms with van der Waals surface area (Å²) in [5.74, 6) is 0.192. The van der Waals surface area contributed by atoms with Gasteiger partial charge in [-0.25, -0.2) is 0 Å². The van der Waals surface area contributed by atoms with Crippen molar-refractivity contribution in [2.45, 2.75) is 32.4 Å². The summed E-state index contributed by atoms with van der Waals surface area (Å²) in [6.07, 6.45) is 2.44. The van der Waals surface area contributed by atoms with E-state index in [-0.39, 0.29) is 5.91 Å². The molecule has 0 saturated heterocycles. The monoisotopic (exact) mass is 314 g/mol. The van der Waals surface area contributed by atoms with Crippen LogP contribution >= 0.6 is 11.3 Å². The molecule has 0 N–H and O–H groups in total. The molecule has 1 fully saturated rings. The van der Waals surface area contributed by atoms with Crippen LogP contribution in [0.3, 0.4) is 0 Å². The molecule has 0 atom stereocenters. The Hall–Kier alpha value is -1.65. The van der Waals surface area contributed by atoms with Crippen molar-refractivity contribution < 1.29 is 4.79 Å². The summed E-state index contributed by atoms with van der Waals surface area (Å²) >= 11 is 1.77. The van der Waals surface area contributed by atoms with E-state index in [1.54, 1.807) is 11.3 Å². The molecule has 0 aliphatic heterocycles. The normalized spacial score (nSPS) is 14.3. The topological polar surface area (TPSA) is 23.6 Å². The molecule has 0 unspecified atom stereocenters. The number of carbonyl (C=O) groups is 1. The quantitative estimate of drug-likeness (QED) is 0.777. The molecule has 4 heteroatoms. The summed E-state index contributed by atoms with van der Waals surface area (Å²) in [7, 11) is 0. The van der Waals surface area contributed by atoms with Gasteiger partial charge in [-0.3, -0.25) is 9.69 Å². The second kappa shape index (κ2) is 7.07. The van der Waals surface area contributed by atoms with E-state index in [2.05, 4.69) is 22.4 Å². The van der Waals surface area contributed by atoms with Gasteiger partial charge in [-0.15, -0.1) is 11.3 Å². The summed E-state index contributed by atoms with van der Waals surface area (Å²) in [5.41, 5.74) is 0.988. The number of para-hydroxylation sites is 1. The molecule has 2 aromatic rings. The number of anilines is 1. The summed E-state index contributed by atoms with van der Waals surface area (Å²) in [4.78, 5) is 18.3. The zero-order chi connectivity index (χ0) is 15.4. The van der Waals surface area contributed by atoms with Gasteiger partial charge < -0.3 is 4.90 Å². The van der Waals surface area contributed by atoms with Gasteiger partial charge in [-0.2, -0.15) is 0 Å². The van der Waals surface area contributed by atoms with Crippen LogP contribution in [0.4, 0.5) is 5.69 Å². The lowest BCUT2D eigenvalue weighted by Gasteiger charge is -2.26. The van der Waals surface area contributed by atoms with E-state index in [0.717, 1.165) is 12.2 Å². The number of amides is 1. The Kier molecular flexibility index (Phi) is 4.90. The smallest absolute Gasteiger partial charge is 0.241 e. The SMILES string of the molecule is CCN(C(=O)CN(Cc1cccs1)C1CC1)c1ccccc1. The minimum atomic E-state index is 0.192. The molecule has 3 rings (SSSR count). The number of carbonyl (C=O) groups excluding carboxylic acids is 1. The molecule has 22 heavy (non-hydrogen) atoms. The fraction of sp³-hybridized carbons (Fsp3) is 0.389. The molecule has 3 nitrogen and oxygen atoms in total. The zero-order valence-corrected chi connectivity index (χ0v) is 13.8. The molecule has 1 aromatic heterocycles. The molecule has 1 amide bonds. The highest BCUT2D eigenvalue weighted by Crippen LogP contribution is 2.29. The van der Waals surface area contributed by atoms with Crippen molar-refractivity contribution in [2.75, 3.05) is 18.0 Å². The highest BCUT2D eigenvalue weighted by molar-refractivity contribution is 7.09. The summed E-state index contributed by atoms with van der Waals surface area (Å²) in [6, 6.07) is 14.8. The van der Waals surface area contributed by atoms with Crippen LogP contribution < -0.4 is 4.90 Å². The third-order valence-electron chi connectivity index (χ3n) is 4.03. The van der Waals surface area contributed by atoms with Crippen LogP contribution in [0.25, 0.3) is 0 Å². The Bertz CT molecular complexity index is 593. The van der Waals surface area contributed by atoms with Gasteiger partial charge in [0.25, 0.3) is 0 Å². The number of nitrogens with zero attached hydrogens (tertiary/aromatic N) is 2. The molecule has 1 saturated carbocycles. The first-order valence-corrected chi connectivity index (χ1v) is 8.77. The fourth-order valence-electron chi connectivity index (χ4n) is 2.73. The van der Waals surface area contributed by atoms with Gasteiger partial charge in [0.15, 0.2) is 0 Å². The molecule has 1 aliphatic carbocycles. The average Bonchev–Trinajstić information content (AvgIpc) is 3.26. The van der Waals surface area contributed by atoms with Crippen molar-refractivity contribution in [3.05, 3.63) is 52.7 Å². The largest absolute Gasteiger partial charge is 0.312 e. The minimum Gasteiger partial charge on any atom is -0.312 e. The second-order valence-corrected chi connectivity index (χ2v) is 6.72. The second-order valence-electron chi connectivity index (χ2n) is 5.69. The molecular weight excluding hydrogens is 292 g/mol. The van der Waals surface area contributed by atoms with Crippen LogP contribution in [0.1, 0.15) is 24.6 Å². The molecule has 1 aromatic carbocycles. The standard InChI is InChI=1S/C18H22N2OS/c1-2-20(16-7-4-3-5-8-16)18(21)14-19(15-10-11-15)13-17-9-6-12-22-17/h3-9,12,15H,2,10-11,13-14H2,1H3. The number of hydrogen-bond donors (Lipinski definition) is 0. The van der Waals surface area contributed by atoms with E-state index in [4.69, 9.17) is 0 Å². The van der Waals surface area contributed by atoms with E-state index >= 15 is 0 Å². The summed E-state index contributed by atoms with van der Waals surface area (Å²) in [6.45, 7) is 4.14. The third kappa shape index (κ3) is 3.76. The van der Waals surface area contributed by atoms with Gasteiger partial charge >= 0.3 is 0 Å². The van der Waals surface area contributed by atoms with Crippen molar-refractivity contribution in [3.8, 4) is 0 Å². The molecule has 1 heterocycles. The Balaban J connectivity index is 1.67. The summed E-state index contributed by atoms with van der Waals surface area (Å²) in [5, 5.41) is 2.10. The van der Waals surface area contributed by atoms with Gasteiger partial charge in [-0.05, 0) is 43.3 Å². The Morgan fingerprint density at radius 3 is 2.55 bits per heavy atom. The zero-order valence-electron chi connectivity index (χ0n) is 12.9. The van der Waals surface area contributed by atoms with Crippen molar-refractivity contribution in [1.82, 2.24) is 4.90 Å². The molecule has 0 radical (unpaired) electrons. The molecule has 116 valence electrons. The average molecular weight is 314 g/mol. The first kappa shape index (κ1) is 15.3. The highest BCUT2D eigenvalue weighted by atomic mass is 32.1. The number of likely N-dealkylation sites (N-methyl/N-ethyl adjacent to an activating group) is 1. The van der Waals surface area contributed by atoms with Crippen LogP contribution in [0.15, 0.2) is 47.8 Å². The molecular formula is C18H22N2OS. The molecule has 1 aliphatic rings. The predicted octanol–water partition coefficient (Wildman–Crippen LogP) is 3.77. The van der Waals surface area contributed by atoms with Crippen molar-refractivity contribution in [2.24, 2.45) is 0 Å². The van der Waals surface area contributed by atoms with Gasteiger partial charge in [0.2, 0.25) is 5.91 Å². The molecule has 0 spiro atoms. The maximum absolute atomic E-state index is 12.7. The lowest BCUT2D eigenvalue weighted by molar-refractivity contribution is -0.120. The highest BCUT2D eigenvalue weighted by Gasteiger charge is 2.31. The van der Waals surface area contributed by atoms with Gasteiger partial charge in [0.1, 0.15) is 0 Å². The fourth-order valence-corrected chi connectivity index (χ4v) is 3.46. The van der Waals surface area contributed by atoms with E-state index in [9.17, 15) is 4.79 Å². The first-order valence-electron chi connectivity index (χ1n) is 7.89. The molecule has 0 bridgehead atoms. The number of benzene rings is 1. The van der Waals surface area contributed by atoms with E-state index < -0.39 is 0 Å². The van der Waals surface area contributed by atoms with Crippen LogP contribution in [-0.2, 0) is 11.3 Å². The van der Waals surface area contributed by atoms with Crippen LogP contribution in [0.5, 0.6) is 0 Å². The predicted molar refractivity (Wildman–Crippen MR) is 92.2 cm³/mol.